The summed E-state index contributed by atoms with van der Waals surface area (Å²) in [6.07, 6.45) is 1.15. The van der Waals surface area contributed by atoms with Crippen LogP contribution in [0.4, 0.5) is 10.1 Å². The summed E-state index contributed by atoms with van der Waals surface area (Å²) in [4.78, 5) is 25.9. The Morgan fingerprint density at radius 3 is 2.90 bits per heavy atom. The molecule has 0 aliphatic rings. The van der Waals surface area contributed by atoms with Crippen molar-refractivity contribution in [3.05, 3.63) is 44.5 Å². The Hall–Kier alpha value is -2.00. The van der Waals surface area contributed by atoms with Crippen LogP contribution in [0.1, 0.15) is 10.4 Å². The third-order valence-corrected chi connectivity index (χ3v) is 4.07. The SMILES string of the molecule is COc1ccc(C(=O)CNc2ncc([N+](=O)[O-])s2)cc1Br. The Kier molecular flexibility index (Phi) is 4.86. The number of nitrogens with zero attached hydrogens (tertiary/aromatic N) is 2. The molecule has 0 unspecified atom stereocenters. The Labute approximate surface area is 132 Å². The molecule has 0 saturated carbocycles. The fourth-order valence-corrected chi connectivity index (χ4v) is 2.70. The average Bonchev–Trinajstić information content (AvgIpc) is 2.93. The van der Waals surface area contributed by atoms with Gasteiger partial charge in [-0.2, -0.15) is 0 Å². The van der Waals surface area contributed by atoms with E-state index in [9.17, 15) is 14.9 Å². The molecule has 9 heteroatoms. The minimum Gasteiger partial charge on any atom is -0.496 e. The quantitative estimate of drug-likeness (QED) is 0.476. The zero-order valence-electron chi connectivity index (χ0n) is 10.8. The number of hydrogen-bond acceptors (Lipinski definition) is 7. The lowest BCUT2D eigenvalue weighted by atomic mass is 10.1. The van der Waals surface area contributed by atoms with Crippen LogP contribution < -0.4 is 10.1 Å². The predicted molar refractivity (Wildman–Crippen MR) is 82.3 cm³/mol. The number of nitrogens with one attached hydrogen (secondary N) is 1. The van der Waals surface area contributed by atoms with Crippen molar-refractivity contribution in [1.82, 2.24) is 4.98 Å². The van der Waals surface area contributed by atoms with Gasteiger partial charge in [0.15, 0.2) is 10.9 Å². The number of ether oxygens (including phenoxy) is 1. The molecule has 21 heavy (non-hydrogen) atoms. The lowest BCUT2D eigenvalue weighted by Crippen LogP contribution is -2.13. The van der Waals surface area contributed by atoms with Gasteiger partial charge < -0.3 is 10.1 Å². The molecule has 2 aromatic rings. The van der Waals surface area contributed by atoms with E-state index in [1.54, 1.807) is 25.3 Å². The van der Waals surface area contributed by atoms with E-state index in [1.165, 1.54) is 0 Å². The van der Waals surface area contributed by atoms with Gasteiger partial charge in [-0.25, -0.2) is 4.98 Å². The Balaban J connectivity index is 2.01. The summed E-state index contributed by atoms with van der Waals surface area (Å²) in [7, 11) is 1.54. The second-order valence-electron chi connectivity index (χ2n) is 3.89. The van der Waals surface area contributed by atoms with Gasteiger partial charge in [-0.15, -0.1) is 0 Å². The number of hydrogen-bond donors (Lipinski definition) is 1. The van der Waals surface area contributed by atoms with Gasteiger partial charge >= 0.3 is 5.00 Å². The van der Waals surface area contributed by atoms with Gasteiger partial charge in [-0.05, 0) is 45.5 Å². The maximum absolute atomic E-state index is 12.0. The monoisotopic (exact) mass is 371 g/mol. The lowest BCUT2D eigenvalue weighted by Gasteiger charge is -2.06. The summed E-state index contributed by atoms with van der Waals surface area (Å²) in [6, 6.07) is 5.00. The van der Waals surface area contributed by atoms with Crippen LogP contribution >= 0.6 is 27.3 Å². The molecule has 7 nitrogen and oxygen atoms in total. The molecule has 0 aliphatic carbocycles. The summed E-state index contributed by atoms with van der Waals surface area (Å²) < 4.78 is 5.77. The van der Waals surface area contributed by atoms with Gasteiger partial charge in [-0.1, -0.05) is 0 Å². The first-order chi connectivity index (χ1) is 10.0. The molecule has 110 valence electrons. The number of anilines is 1. The molecule has 0 aliphatic heterocycles. The fourth-order valence-electron chi connectivity index (χ4n) is 1.53. The molecule has 0 amide bonds. The number of thiazole rings is 1. The number of halogens is 1. The Bertz CT molecular complexity index is 689. The molecule has 1 aromatic carbocycles. The van der Waals surface area contributed by atoms with E-state index in [2.05, 4.69) is 26.2 Å². The van der Waals surface area contributed by atoms with Crippen molar-refractivity contribution in [2.75, 3.05) is 19.0 Å². The van der Waals surface area contributed by atoms with E-state index in [4.69, 9.17) is 4.74 Å². The van der Waals surface area contributed by atoms with E-state index < -0.39 is 4.92 Å². The molecule has 1 aromatic heterocycles. The fraction of sp³-hybridized carbons (Fsp3) is 0.167. The highest BCUT2D eigenvalue weighted by Gasteiger charge is 2.13. The van der Waals surface area contributed by atoms with Gasteiger partial charge in [0.2, 0.25) is 0 Å². The standard InChI is InChI=1S/C12H10BrN3O4S/c1-20-10-3-2-7(4-8(10)13)9(17)5-14-12-15-6-11(21-12)16(18)19/h2-4,6H,5H2,1H3,(H,14,15). The summed E-state index contributed by atoms with van der Waals surface area (Å²) >= 11 is 4.19. The zero-order valence-corrected chi connectivity index (χ0v) is 13.2. The first kappa shape index (κ1) is 15.4. The van der Waals surface area contributed by atoms with Gasteiger partial charge in [0.25, 0.3) is 0 Å². The molecule has 0 fully saturated rings. The number of rotatable bonds is 6. The maximum atomic E-state index is 12.0. The van der Waals surface area contributed by atoms with Crippen molar-refractivity contribution < 1.29 is 14.5 Å². The molecule has 0 bridgehead atoms. The highest BCUT2D eigenvalue weighted by Crippen LogP contribution is 2.27. The molecular weight excluding hydrogens is 362 g/mol. The number of aromatic nitrogens is 1. The van der Waals surface area contributed by atoms with Crippen LogP contribution in [0.15, 0.2) is 28.9 Å². The van der Waals surface area contributed by atoms with Crippen molar-refractivity contribution in [2.24, 2.45) is 0 Å². The zero-order chi connectivity index (χ0) is 15.4. The smallest absolute Gasteiger partial charge is 0.345 e. The second-order valence-corrected chi connectivity index (χ2v) is 5.75. The third-order valence-electron chi connectivity index (χ3n) is 2.55. The highest BCUT2D eigenvalue weighted by molar-refractivity contribution is 9.10. The van der Waals surface area contributed by atoms with Crippen LogP contribution in [0.2, 0.25) is 0 Å². The number of methoxy groups -OCH3 is 1. The van der Waals surface area contributed by atoms with Crippen LogP contribution in [0.5, 0.6) is 5.75 Å². The molecule has 0 atom stereocenters. The number of benzene rings is 1. The van der Waals surface area contributed by atoms with Crippen molar-refractivity contribution in [3.63, 3.8) is 0 Å². The molecule has 0 saturated heterocycles. The lowest BCUT2D eigenvalue weighted by molar-refractivity contribution is -0.380. The van der Waals surface area contributed by atoms with Crippen LogP contribution in [0.3, 0.4) is 0 Å². The number of nitro groups is 1. The Morgan fingerprint density at radius 2 is 2.33 bits per heavy atom. The minimum atomic E-state index is -0.523. The predicted octanol–water partition coefficient (Wildman–Crippen LogP) is 3.12. The van der Waals surface area contributed by atoms with E-state index in [1.807, 2.05) is 0 Å². The van der Waals surface area contributed by atoms with Crippen LogP contribution in [-0.2, 0) is 0 Å². The topological polar surface area (TPSA) is 94.4 Å². The molecule has 1 N–H and O–H groups in total. The minimum absolute atomic E-state index is 0.00341. The second kappa shape index (κ2) is 6.64. The van der Waals surface area contributed by atoms with Gasteiger partial charge in [-0.3, -0.25) is 14.9 Å². The molecule has 0 spiro atoms. The maximum Gasteiger partial charge on any atom is 0.345 e. The first-order valence-electron chi connectivity index (χ1n) is 5.72. The van der Waals surface area contributed by atoms with E-state index in [0.717, 1.165) is 17.5 Å². The molecular formula is C12H10BrN3O4S. The summed E-state index contributed by atoms with van der Waals surface area (Å²) in [5.41, 5.74) is 0.501. The molecule has 0 radical (unpaired) electrons. The number of carbonyl (C=O) groups excluding carboxylic acids is 1. The third kappa shape index (κ3) is 3.76. The first-order valence-corrected chi connectivity index (χ1v) is 7.33. The largest absolute Gasteiger partial charge is 0.496 e. The van der Waals surface area contributed by atoms with Gasteiger partial charge in [0, 0.05) is 5.56 Å². The van der Waals surface area contributed by atoms with Crippen molar-refractivity contribution in [3.8, 4) is 5.75 Å². The summed E-state index contributed by atoms with van der Waals surface area (Å²) in [5, 5.41) is 13.6. The van der Waals surface area contributed by atoms with Gasteiger partial charge in [0.1, 0.15) is 11.9 Å². The van der Waals surface area contributed by atoms with E-state index >= 15 is 0 Å². The van der Waals surface area contributed by atoms with Crippen LogP contribution in [-0.4, -0.2) is 29.3 Å². The van der Waals surface area contributed by atoms with E-state index in [0.29, 0.717) is 20.9 Å². The average molecular weight is 372 g/mol. The van der Waals surface area contributed by atoms with Crippen molar-refractivity contribution in [1.29, 1.82) is 0 Å². The van der Waals surface area contributed by atoms with Crippen molar-refractivity contribution in [2.45, 2.75) is 0 Å². The number of Topliss-reactive ketones (excluding diaryl/α,β-unsaturated/α-hetero) is 1. The van der Waals surface area contributed by atoms with Crippen LogP contribution in [0, 0.1) is 10.1 Å². The van der Waals surface area contributed by atoms with E-state index in [-0.39, 0.29) is 17.3 Å². The Morgan fingerprint density at radius 1 is 1.57 bits per heavy atom. The highest BCUT2D eigenvalue weighted by atomic mass is 79.9. The summed E-state index contributed by atoms with van der Waals surface area (Å²) in [6.45, 7) is 0.00341. The van der Waals surface area contributed by atoms with Gasteiger partial charge in [0.05, 0.1) is 23.1 Å². The number of ketones is 1. The molecule has 1 heterocycles. The number of carbonyl (C=O) groups is 1. The molecule has 2 rings (SSSR count). The van der Waals surface area contributed by atoms with Crippen LogP contribution in [0.25, 0.3) is 0 Å². The van der Waals surface area contributed by atoms with Crippen molar-refractivity contribution >= 4 is 43.2 Å². The summed E-state index contributed by atoms with van der Waals surface area (Å²) in [5.74, 6) is 0.478. The normalized spacial score (nSPS) is 10.2.